The normalized spacial score (nSPS) is 13.9. The molecule has 1 aromatic rings. The van der Waals surface area contributed by atoms with Crippen molar-refractivity contribution in [2.75, 3.05) is 19.8 Å². The largest absolute Gasteiger partial charge is 0.373 e. The molecule has 1 N–H and O–H groups in total. The summed E-state index contributed by atoms with van der Waals surface area (Å²) in [6, 6.07) is 1.55. The first-order valence-electron chi connectivity index (χ1n) is 6.08. The van der Waals surface area contributed by atoms with E-state index in [0.29, 0.717) is 6.54 Å². The number of halogens is 5. The van der Waals surface area contributed by atoms with Gasteiger partial charge in [0.25, 0.3) is 0 Å². The lowest BCUT2D eigenvalue weighted by molar-refractivity contribution is -0.167. The van der Waals surface area contributed by atoms with Gasteiger partial charge in [-0.05, 0) is 40.3 Å². The quantitative estimate of drug-likeness (QED) is 0.641. The zero-order valence-electron chi connectivity index (χ0n) is 10.8. The first kappa shape index (κ1) is 17.9. The Kier molecular flexibility index (Phi) is 7.42. The van der Waals surface area contributed by atoms with E-state index in [1.807, 2.05) is 18.4 Å². The predicted molar refractivity (Wildman–Crippen MR) is 74.8 cm³/mol. The monoisotopic (exact) mass is 377 g/mol. The summed E-state index contributed by atoms with van der Waals surface area (Å²) in [4.78, 5) is 0.902. The lowest BCUT2D eigenvalue weighted by Crippen LogP contribution is -2.34. The van der Waals surface area contributed by atoms with Crippen LogP contribution in [0.2, 0.25) is 0 Å². The molecule has 0 saturated heterocycles. The molecule has 1 rings (SSSR count). The van der Waals surface area contributed by atoms with Crippen LogP contribution in [0.15, 0.2) is 15.9 Å². The van der Waals surface area contributed by atoms with Crippen LogP contribution in [0.5, 0.6) is 0 Å². The third-order valence-electron chi connectivity index (χ3n) is 2.50. The van der Waals surface area contributed by atoms with Crippen LogP contribution < -0.4 is 5.32 Å². The Morgan fingerprint density at radius 1 is 1.45 bits per heavy atom. The van der Waals surface area contributed by atoms with Crippen molar-refractivity contribution in [3.05, 3.63) is 20.8 Å². The highest BCUT2D eigenvalue weighted by Crippen LogP contribution is 2.30. The minimum atomic E-state index is -4.11. The van der Waals surface area contributed by atoms with Gasteiger partial charge in [0.2, 0.25) is 0 Å². The number of thiophene rings is 1. The molecule has 1 heterocycles. The summed E-state index contributed by atoms with van der Waals surface area (Å²) in [5, 5.41) is 5.01. The van der Waals surface area contributed by atoms with Crippen LogP contribution in [0.3, 0.4) is 0 Å². The Labute approximate surface area is 127 Å². The molecule has 116 valence electrons. The standard InChI is InChI=1S/C12H16BrF4NOS/c1-2-4-18-9(10-8(13)3-5-20-10)6-19-7-12(16,17)11(14)15/h3,5,9,11,18H,2,4,6-7H2,1H3. The molecular weight excluding hydrogens is 362 g/mol. The molecule has 0 aromatic carbocycles. The number of hydrogen-bond donors (Lipinski definition) is 1. The highest BCUT2D eigenvalue weighted by molar-refractivity contribution is 9.10. The smallest absolute Gasteiger partial charge is 0.330 e. The lowest BCUT2D eigenvalue weighted by atomic mass is 10.2. The maximum absolute atomic E-state index is 12.8. The molecule has 0 radical (unpaired) electrons. The van der Waals surface area contributed by atoms with Gasteiger partial charge in [0.15, 0.2) is 0 Å². The highest BCUT2D eigenvalue weighted by atomic mass is 79.9. The molecule has 1 aromatic heterocycles. The second-order valence-electron chi connectivity index (χ2n) is 4.22. The number of hydrogen-bond acceptors (Lipinski definition) is 3. The molecule has 0 bridgehead atoms. The fourth-order valence-corrected chi connectivity index (χ4v) is 3.19. The van der Waals surface area contributed by atoms with Gasteiger partial charge in [-0.2, -0.15) is 8.78 Å². The molecule has 20 heavy (non-hydrogen) atoms. The van der Waals surface area contributed by atoms with Crippen LogP contribution in [0.1, 0.15) is 24.3 Å². The summed E-state index contributed by atoms with van der Waals surface area (Å²) >= 11 is 4.81. The van der Waals surface area contributed by atoms with E-state index in [1.165, 1.54) is 11.3 Å². The van der Waals surface area contributed by atoms with Gasteiger partial charge in [-0.15, -0.1) is 11.3 Å². The summed E-state index contributed by atoms with van der Waals surface area (Å²) in [5.41, 5.74) is 0. The van der Waals surface area contributed by atoms with Crippen LogP contribution in [0, 0.1) is 0 Å². The van der Waals surface area contributed by atoms with Crippen LogP contribution in [-0.2, 0) is 4.74 Å². The van der Waals surface area contributed by atoms with E-state index in [9.17, 15) is 17.6 Å². The van der Waals surface area contributed by atoms with Gasteiger partial charge < -0.3 is 10.1 Å². The summed E-state index contributed by atoms with van der Waals surface area (Å²) in [7, 11) is 0. The molecule has 1 unspecified atom stereocenters. The summed E-state index contributed by atoms with van der Waals surface area (Å²) in [5.74, 6) is -4.11. The topological polar surface area (TPSA) is 21.3 Å². The van der Waals surface area contributed by atoms with Crippen molar-refractivity contribution in [2.24, 2.45) is 0 Å². The van der Waals surface area contributed by atoms with E-state index < -0.39 is 19.0 Å². The fraction of sp³-hybridized carbons (Fsp3) is 0.667. The SMILES string of the molecule is CCCNC(COCC(F)(F)C(F)F)c1sccc1Br. The summed E-state index contributed by atoms with van der Waals surface area (Å²) < 4.78 is 55.2. The summed E-state index contributed by atoms with van der Waals surface area (Å²) in [6.45, 7) is 1.29. The van der Waals surface area contributed by atoms with Gasteiger partial charge in [0.05, 0.1) is 12.6 Å². The second kappa shape index (κ2) is 8.31. The van der Waals surface area contributed by atoms with Crippen LogP contribution in [0.4, 0.5) is 17.6 Å². The van der Waals surface area contributed by atoms with Gasteiger partial charge in [0, 0.05) is 9.35 Å². The minimum absolute atomic E-state index is 0.0819. The first-order chi connectivity index (χ1) is 9.38. The molecule has 8 heteroatoms. The van der Waals surface area contributed by atoms with E-state index in [-0.39, 0.29) is 12.6 Å². The van der Waals surface area contributed by atoms with Gasteiger partial charge in [-0.3, -0.25) is 0 Å². The molecule has 0 amide bonds. The molecule has 0 aliphatic carbocycles. The van der Waals surface area contributed by atoms with Crippen molar-refractivity contribution in [1.82, 2.24) is 5.32 Å². The second-order valence-corrected chi connectivity index (χ2v) is 6.02. The van der Waals surface area contributed by atoms with E-state index in [2.05, 4.69) is 21.2 Å². The fourth-order valence-electron chi connectivity index (χ4n) is 1.48. The third kappa shape index (κ3) is 5.31. The van der Waals surface area contributed by atoms with Crippen LogP contribution in [-0.4, -0.2) is 32.1 Å². The molecule has 1 atom stereocenters. The van der Waals surface area contributed by atoms with E-state index >= 15 is 0 Å². The zero-order valence-corrected chi connectivity index (χ0v) is 13.2. The van der Waals surface area contributed by atoms with E-state index in [4.69, 9.17) is 4.74 Å². The zero-order chi connectivity index (χ0) is 15.2. The number of rotatable bonds is 9. The highest BCUT2D eigenvalue weighted by Gasteiger charge is 2.41. The Morgan fingerprint density at radius 2 is 2.15 bits per heavy atom. The van der Waals surface area contributed by atoms with Crippen molar-refractivity contribution < 1.29 is 22.3 Å². The Bertz CT molecular complexity index is 403. The van der Waals surface area contributed by atoms with Gasteiger partial charge in [0.1, 0.15) is 6.61 Å². The van der Waals surface area contributed by atoms with Crippen LogP contribution in [0.25, 0.3) is 0 Å². The Balaban J connectivity index is 2.56. The van der Waals surface area contributed by atoms with Gasteiger partial charge in [-0.1, -0.05) is 6.92 Å². The van der Waals surface area contributed by atoms with Crippen molar-refractivity contribution in [2.45, 2.75) is 31.7 Å². The van der Waals surface area contributed by atoms with Crippen molar-refractivity contribution in [3.8, 4) is 0 Å². The number of ether oxygens (including phenoxy) is 1. The van der Waals surface area contributed by atoms with E-state index in [1.54, 1.807) is 0 Å². The molecule has 0 aliphatic rings. The van der Waals surface area contributed by atoms with Crippen molar-refractivity contribution in [1.29, 1.82) is 0 Å². The third-order valence-corrected chi connectivity index (χ3v) is 4.48. The molecule has 0 saturated carbocycles. The maximum atomic E-state index is 12.8. The lowest BCUT2D eigenvalue weighted by Gasteiger charge is -2.20. The molecule has 2 nitrogen and oxygen atoms in total. The minimum Gasteiger partial charge on any atom is -0.373 e. The maximum Gasteiger partial charge on any atom is 0.330 e. The first-order valence-corrected chi connectivity index (χ1v) is 7.75. The molecule has 0 fully saturated rings. The van der Waals surface area contributed by atoms with Crippen molar-refractivity contribution in [3.63, 3.8) is 0 Å². The average molecular weight is 378 g/mol. The molecular formula is C12H16BrF4NOS. The average Bonchev–Trinajstić information content (AvgIpc) is 2.79. The predicted octanol–water partition coefficient (Wildman–Crippen LogP) is 4.47. The number of nitrogens with one attached hydrogen (secondary N) is 1. The van der Waals surface area contributed by atoms with Gasteiger partial charge >= 0.3 is 12.3 Å². The van der Waals surface area contributed by atoms with Crippen LogP contribution >= 0.6 is 27.3 Å². The molecule has 0 aliphatic heterocycles. The van der Waals surface area contributed by atoms with Gasteiger partial charge in [-0.25, -0.2) is 8.78 Å². The Hall–Kier alpha value is -0.180. The summed E-state index contributed by atoms with van der Waals surface area (Å²) in [6.07, 6.45) is -2.84. The molecule has 0 spiro atoms. The van der Waals surface area contributed by atoms with E-state index in [0.717, 1.165) is 15.8 Å². The Morgan fingerprint density at radius 3 is 2.65 bits per heavy atom. The number of alkyl halides is 4. The van der Waals surface area contributed by atoms with Crippen molar-refractivity contribution >= 4 is 27.3 Å².